The Labute approximate surface area is 131 Å². The van der Waals surface area contributed by atoms with Gasteiger partial charge in [-0.3, -0.25) is 9.69 Å². The molecule has 2 rings (SSSR count). The van der Waals surface area contributed by atoms with E-state index in [0.29, 0.717) is 6.54 Å². The molecule has 0 bridgehead atoms. The smallest absolute Gasteiger partial charge is 0.279 e. The fraction of sp³-hybridized carbons (Fsp3) is 0.412. The van der Waals surface area contributed by atoms with E-state index in [-0.39, 0.29) is 11.4 Å². The summed E-state index contributed by atoms with van der Waals surface area (Å²) in [6, 6.07) is 9.83. The van der Waals surface area contributed by atoms with Gasteiger partial charge in [0.2, 0.25) is 5.82 Å². The average molecular weight is 302 g/mol. The summed E-state index contributed by atoms with van der Waals surface area (Å²) in [5, 5.41) is 6.03. The number of para-hydroxylation sites is 1. The Morgan fingerprint density at radius 2 is 1.95 bits per heavy atom. The molecule has 4 N–H and O–H groups in total. The van der Waals surface area contributed by atoms with Crippen LogP contribution in [-0.4, -0.2) is 37.1 Å². The number of carbonyl (C=O) groups excluding carboxylic acids is 1. The average Bonchev–Trinajstić information content (AvgIpc) is 2.44. The number of benzene rings is 1. The van der Waals surface area contributed by atoms with E-state index in [0.717, 1.165) is 27.3 Å². The number of pyridine rings is 1. The zero-order valence-electron chi connectivity index (χ0n) is 14.0. The molecule has 0 saturated heterocycles. The van der Waals surface area contributed by atoms with E-state index >= 15 is 0 Å². The number of quaternary nitrogens is 2. The topological polar surface area (TPSA) is 63.0 Å². The third kappa shape index (κ3) is 4.26. The summed E-state index contributed by atoms with van der Waals surface area (Å²) in [4.78, 5) is 18.0. The molecule has 0 spiro atoms. The van der Waals surface area contributed by atoms with Gasteiger partial charge in [0.05, 0.1) is 30.8 Å². The molecule has 0 aliphatic heterocycles. The highest BCUT2D eigenvalue weighted by molar-refractivity contribution is 6.01. The number of amides is 1. The summed E-state index contributed by atoms with van der Waals surface area (Å²) >= 11 is 0. The summed E-state index contributed by atoms with van der Waals surface area (Å²) in [5.74, 6) is 0.916. The first-order valence-electron chi connectivity index (χ1n) is 7.61. The molecule has 5 nitrogen and oxygen atoms in total. The zero-order valence-corrected chi connectivity index (χ0v) is 14.0. The fourth-order valence-electron chi connectivity index (χ4n) is 2.14. The molecule has 0 radical (unpaired) electrons. The zero-order chi connectivity index (χ0) is 16.3. The molecule has 22 heavy (non-hydrogen) atoms. The maximum absolute atomic E-state index is 12.2. The van der Waals surface area contributed by atoms with Crippen LogP contribution in [0, 0.1) is 0 Å². The number of anilines is 1. The van der Waals surface area contributed by atoms with Gasteiger partial charge in [-0.2, -0.15) is 4.98 Å². The molecule has 1 aromatic carbocycles. The standard InChI is InChI=1S/C17H24N4O/c1-17(2,3)18-11-16(22)20-14-10-15(21(4)5)19-13-9-7-6-8-12(13)14/h6-10,18H,11H2,1-5H3,(H,19,20,22)/p+2. The maximum Gasteiger partial charge on any atom is 0.279 e. The van der Waals surface area contributed by atoms with E-state index in [1.54, 1.807) is 0 Å². The van der Waals surface area contributed by atoms with Crippen LogP contribution in [0.1, 0.15) is 20.8 Å². The minimum absolute atomic E-state index is 0.00554. The van der Waals surface area contributed by atoms with Gasteiger partial charge in [0, 0.05) is 11.5 Å². The number of nitrogens with two attached hydrogens (primary N) is 1. The Kier molecular flexibility index (Phi) is 4.78. The highest BCUT2D eigenvalue weighted by Gasteiger charge is 2.17. The van der Waals surface area contributed by atoms with E-state index in [1.165, 1.54) is 0 Å². The molecule has 0 aliphatic carbocycles. The molecule has 0 aliphatic rings. The van der Waals surface area contributed by atoms with E-state index in [4.69, 9.17) is 0 Å². The molecule has 118 valence electrons. The van der Waals surface area contributed by atoms with Gasteiger partial charge in [-0.25, -0.2) is 0 Å². The number of rotatable bonds is 4. The number of nitrogens with one attached hydrogen (secondary N) is 2. The summed E-state index contributed by atoms with van der Waals surface area (Å²) < 4.78 is 0. The van der Waals surface area contributed by atoms with Gasteiger partial charge in [-0.1, -0.05) is 18.2 Å². The summed E-state index contributed by atoms with van der Waals surface area (Å²) in [5.41, 5.74) is 1.77. The predicted octanol–water partition coefficient (Wildman–Crippen LogP) is 0.311. The number of hydrogen-bond donors (Lipinski definition) is 3. The van der Waals surface area contributed by atoms with E-state index in [9.17, 15) is 4.79 Å². The quantitative estimate of drug-likeness (QED) is 0.761. The Morgan fingerprint density at radius 3 is 2.59 bits per heavy atom. The van der Waals surface area contributed by atoms with Crippen molar-refractivity contribution in [2.24, 2.45) is 0 Å². The third-order valence-corrected chi connectivity index (χ3v) is 3.40. The van der Waals surface area contributed by atoms with Crippen molar-refractivity contribution in [1.82, 2.24) is 4.98 Å². The normalized spacial score (nSPS) is 11.9. The van der Waals surface area contributed by atoms with Gasteiger partial charge in [0.25, 0.3) is 5.91 Å². The van der Waals surface area contributed by atoms with Crippen LogP contribution in [0.2, 0.25) is 0 Å². The molecule has 5 heteroatoms. The van der Waals surface area contributed by atoms with E-state index in [2.05, 4.69) is 31.1 Å². The molecule has 1 aromatic heterocycles. The van der Waals surface area contributed by atoms with Crippen molar-refractivity contribution in [2.75, 3.05) is 26.0 Å². The molecule has 0 unspecified atom stereocenters. The van der Waals surface area contributed by atoms with Gasteiger partial charge in [0.15, 0.2) is 6.54 Å². The lowest BCUT2D eigenvalue weighted by Crippen LogP contribution is -3.00. The van der Waals surface area contributed by atoms with Crippen LogP contribution in [0.4, 0.5) is 11.5 Å². The van der Waals surface area contributed by atoms with Gasteiger partial charge >= 0.3 is 0 Å². The predicted molar refractivity (Wildman–Crippen MR) is 89.4 cm³/mol. The van der Waals surface area contributed by atoms with Crippen LogP contribution < -0.4 is 15.5 Å². The molecule has 1 heterocycles. The summed E-state index contributed by atoms with van der Waals surface area (Å²) in [6.45, 7) is 6.69. The van der Waals surface area contributed by atoms with Crippen molar-refractivity contribution in [1.29, 1.82) is 0 Å². The van der Waals surface area contributed by atoms with Crippen LogP contribution in [0.5, 0.6) is 0 Å². The second-order valence-corrected chi connectivity index (χ2v) is 6.89. The number of carbonyl (C=O) groups is 1. The molecular weight excluding hydrogens is 276 g/mol. The first kappa shape index (κ1) is 16.4. The van der Waals surface area contributed by atoms with E-state index in [1.807, 2.05) is 49.7 Å². The minimum atomic E-state index is 0.00554. The lowest BCUT2D eigenvalue weighted by molar-refractivity contribution is -0.789. The lowest BCUT2D eigenvalue weighted by Gasteiger charge is -2.17. The molecule has 2 aromatic rings. The highest BCUT2D eigenvalue weighted by Crippen LogP contribution is 2.23. The summed E-state index contributed by atoms with van der Waals surface area (Å²) in [6.07, 6.45) is 0. The maximum atomic E-state index is 12.2. The first-order valence-corrected chi connectivity index (χ1v) is 7.61. The molecular formula is C17H26N4O+2. The van der Waals surface area contributed by atoms with E-state index < -0.39 is 0 Å². The van der Waals surface area contributed by atoms with Gasteiger partial charge in [-0.15, -0.1) is 0 Å². The van der Waals surface area contributed by atoms with Crippen molar-refractivity contribution < 1.29 is 15.0 Å². The minimum Gasteiger partial charge on any atom is -0.334 e. The monoisotopic (exact) mass is 302 g/mol. The van der Waals surface area contributed by atoms with Crippen LogP contribution in [0.15, 0.2) is 30.3 Å². The van der Waals surface area contributed by atoms with Crippen LogP contribution >= 0.6 is 0 Å². The lowest BCUT2D eigenvalue weighted by atomic mass is 10.1. The van der Waals surface area contributed by atoms with Crippen molar-refractivity contribution in [3.05, 3.63) is 30.3 Å². The third-order valence-electron chi connectivity index (χ3n) is 3.40. The number of aromatic nitrogens is 1. The number of fused-ring (bicyclic) bond motifs is 1. The van der Waals surface area contributed by atoms with Crippen LogP contribution in [0.25, 0.3) is 10.9 Å². The van der Waals surface area contributed by atoms with Crippen molar-refractivity contribution in [3.63, 3.8) is 0 Å². The Morgan fingerprint density at radius 1 is 1.27 bits per heavy atom. The Hall–Kier alpha value is -1.98. The molecule has 1 amide bonds. The second-order valence-electron chi connectivity index (χ2n) is 6.89. The van der Waals surface area contributed by atoms with Gasteiger partial charge in [0.1, 0.15) is 0 Å². The molecule has 0 saturated carbocycles. The SMILES string of the molecule is C[NH+](C)c1cc(NC(=O)C[NH2+]C(C)(C)C)c2ccccc2n1. The number of hydrogen-bond acceptors (Lipinski definition) is 2. The van der Waals surface area contributed by atoms with Crippen molar-refractivity contribution in [2.45, 2.75) is 26.3 Å². The largest absolute Gasteiger partial charge is 0.334 e. The van der Waals surface area contributed by atoms with Crippen LogP contribution in [0.3, 0.4) is 0 Å². The van der Waals surface area contributed by atoms with Crippen molar-refractivity contribution in [3.8, 4) is 0 Å². The van der Waals surface area contributed by atoms with Gasteiger partial charge in [-0.05, 0) is 26.8 Å². The Bertz CT molecular complexity index is 674. The second kappa shape index (κ2) is 6.42. The van der Waals surface area contributed by atoms with Crippen LogP contribution in [-0.2, 0) is 4.79 Å². The number of nitrogens with zero attached hydrogens (tertiary/aromatic N) is 1. The first-order chi connectivity index (χ1) is 10.3. The Balaban J connectivity index is 2.27. The fourth-order valence-corrected chi connectivity index (χ4v) is 2.14. The van der Waals surface area contributed by atoms with Crippen molar-refractivity contribution >= 4 is 28.3 Å². The molecule has 0 fully saturated rings. The summed E-state index contributed by atoms with van der Waals surface area (Å²) in [7, 11) is 4.05. The van der Waals surface area contributed by atoms with Gasteiger partial charge < -0.3 is 10.6 Å². The highest BCUT2D eigenvalue weighted by atomic mass is 16.1. The molecule has 0 atom stereocenters.